The molecule has 4 atom stereocenters. The molecular weight excluding hydrogens is 380 g/mol. The van der Waals surface area contributed by atoms with Gasteiger partial charge in [-0.25, -0.2) is 0 Å². The number of carbonyl (C=O) groups is 1. The summed E-state index contributed by atoms with van der Waals surface area (Å²) in [5.41, 5.74) is 13.6. The van der Waals surface area contributed by atoms with Gasteiger partial charge in [0.1, 0.15) is 0 Å². The molecule has 1 aliphatic heterocycles. The monoisotopic (exact) mass is 404 g/mol. The van der Waals surface area contributed by atoms with E-state index in [2.05, 4.69) is 55.5 Å². The molecule has 0 saturated carbocycles. The van der Waals surface area contributed by atoms with Crippen molar-refractivity contribution < 1.29 is 4.79 Å². The van der Waals surface area contributed by atoms with Crippen LogP contribution in [0.25, 0.3) is 5.57 Å². The summed E-state index contributed by atoms with van der Waals surface area (Å²) in [6.45, 7) is 10.8. The van der Waals surface area contributed by atoms with Crippen LogP contribution < -0.4 is 11.1 Å². The first-order chi connectivity index (χ1) is 14.9. The zero-order valence-corrected chi connectivity index (χ0v) is 18.0. The molecule has 3 heteroatoms. The lowest BCUT2D eigenvalue weighted by atomic mass is 9.68. The Morgan fingerprint density at radius 1 is 1.03 bits per heavy atom. The second-order valence-corrected chi connectivity index (χ2v) is 8.73. The lowest BCUT2D eigenvalue weighted by Crippen LogP contribution is -2.39. The number of fused-ring (bicyclic) bond motifs is 7. The van der Waals surface area contributed by atoms with Gasteiger partial charge < -0.3 is 11.1 Å². The van der Waals surface area contributed by atoms with Crippen LogP contribution in [0.3, 0.4) is 0 Å². The summed E-state index contributed by atoms with van der Waals surface area (Å²) in [5, 5.41) is 3.67. The average molecular weight is 405 g/mol. The maximum atomic E-state index is 13.5. The standard InChI is InChI=1S/C28H24N2O/c1-15-9-7-5-6-8-10-23-18(4)24(15)22-13-16(2)25-26(27(22)30-23)17(3)20-12-11-19(29)14-21(20)28(25)31/h5-6,11-15,18,23-24,30H,3,29H2,1-2,4H3/b6-5-. The Kier molecular flexibility index (Phi) is 4.31. The molecule has 3 nitrogen and oxygen atoms in total. The van der Waals surface area contributed by atoms with Gasteiger partial charge in [-0.2, -0.15) is 0 Å². The minimum Gasteiger partial charge on any atom is -0.399 e. The number of hydrogen-bond donors (Lipinski definition) is 2. The average Bonchev–Trinajstić information content (AvgIpc) is 2.73. The molecule has 152 valence electrons. The molecule has 2 aromatic rings. The third-order valence-electron chi connectivity index (χ3n) is 6.79. The van der Waals surface area contributed by atoms with Crippen molar-refractivity contribution in [2.45, 2.75) is 32.7 Å². The molecule has 0 fully saturated rings. The van der Waals surface area contributed by atoms with Gasteiger partial charge in [-0.1, -0.05) is 56.2 Å². The third kappa shape index (κ3) is 2.82. The van der Waals surface area contributed by atoms with Gasteiger partial charge in [-0.05, 0) is 59.4 Å². The number of anilines is 2. The molecule has 1 heterocycles. The molecule has 4 unspecified atom stereocenters. The van der Waals surface area contributed by atoms with Gasteiger partial charge in [0.25, 0.3) is 0 Å². The molecular formula is C28H24N2O. The lowest BCUT2D eigenvalue weighted by Gasteiger charge is -2.41. The van der Waals surface area contributed by atoms with Crippen molar-refractivity contribution in [3.05, 3.63) is 76.4 Å². The summed E-state index contributed by atoms with van der Waals surface area (Å²) in [7, 11) is 0. The fraction of sp³-hybridized carbons (Fsp3) is 0.250. The topological polar surface area (TPSA) is 55.1 Å². The van der Waals surface area contributed by atoms with Gasteiger partial charge in [-0.3, -0.25) is 4.79 Å². The number of nitrogen functional groups attached to an aromatic ring is 1. The molecule has 2 bridgehead atoms. The fourth-order valence-corrected chi connectivity index (χ4v) is 5.30. The largest absolute Gasteiger partial charge is 0.399 e. The Bertz CT molecular complexity index is 1320. The van der Waals surface area contributed by atoms with E-state index in [-0.39, 0.29) is 29.6 Å². The summed E-state index contributed by atoms with van der Waals surface area (Å²) in [6, 6.07) is 7.61. The van der Waals surface area contributed by atoms with Crippen molar-refractivity contribution >= 4 is 22.7 Å². The van der Waals surface area contributed by atoms with E-state index in [0.29, 0.717) is 16.8 Å². The number of allylic oxidation sites excluding steroid dienone is 2. The van der Waals surface area contributed by atoms with Gasteiger partial charge in [-0.15, -0.1) is 0 Å². The summed E-state index contributed by atoms with van der Waals surface area (Å²) in [6.07, 6.45) is 3.62. The van der Waals surface area contributed by atoms with Crippen LogP contribution >= 0.6 is 0 Å². The summed E-state index contributed by atoms with van der Waals surface area (Å²) < 4.78 is 0. The predicted molar refractivity (Wildman–Crippen MR) is 127 cm³/mol. The highest BCUT2D eigenvalue weighted by Crippen LogP contribution is 2.50. The number of benzene rings is 2. The molecule has 2 aliphatic carbocycles. The number of rotatable bonds is 0. The smallest absolute Gasteiger partial charge is 0.194 e. The second-order valence-electron chi connectivity index (χ2n) is 8.73. The third-order valence-corrected chi connectivity index (χ3v) is 6.79. The zero-order chi connectivity index (χ0) is 21.9. The van der Waals surface area contributed by atoms with Gasteiger partial charge in [0.2, 0.25) is 0 Å². The number of hydrogen-bond acceptors (Lipinski definition) is 3. The van der Waals surface area contributed by atoms with E-state index in [1.165, 1.54) is 5.56 Å². The van der Waals surface area contributed by atoms with Gasteiger partial charge in [0.05, 0.1) is 6.04 Å². The van der Waals surface area contributed by atoms with Crippen molar-refractivity contribution in [2.75, 3.05) is 11.1 Å². The van der Waals surface area contributed by atoms with Crippen LogP contribution in [0.1, 0.15) is 57.9 Å². The van der Waals surface area contributed by atoms with E-state index in [1.54, 1.807) is 12.1 Å². The first kappa shape index (κ1) is 19.3. The molecule has 2 aromatic carbocycles. The predicted octanol–water partition coefficient (Wildman–Crippen LogP) is 4.91. The maximum Gasteiger partial charge on any atom is 0.194 e. The van der Waals surface area contributed by atoms with Crippen LogP contribution in [-0.4, -0.2) is 11.8 Å². The molecule has 3 N–H and O–H groups in total. The van der Waals surface area contributed by atoms with E-state index < -0.39 is 0 Å². The number of aryl methyl sites for hydroxylation is 1. The van der Waals surface area contributed by atoms with E-state index in [1.807, 2.05) is 25.1 Å². The summed E-state index contributed by atoms with van der Waals surface area (Å²) in [4.78, 5) is 13.5. The highest BCUT2D eigenvalue weighted by molar-refractivity contribution is 6.21. The first-order valence-electron chi connectivity index (χ1n) is 10.6. The Hall–Kier alpha value is -3.69. The number of nitrogens with one attached hydrogen (secondary N) is 1. The second kappa shape index (κ2) is 6.93. The molecule has 31 heavy (non-hydrogen) atoms. The molecule has 0 saturated heterocycles. The fourth-order valence-electron chi connectivity index (χ4n) is 5.30. The Morgan fingerprint density at radius 2 is 1.77 bits per heavy atom. The van der Waals surface area contributed by atoms with Crippen LogP contribution in [0.5, 0.6) is 0 Å². The van der Waals surface area contributed by atoms with Crippen molar-refractivity contribution in [2.24, 2.45) is 11.8 Å². The lowest BCUT2D eigenvalue weighted by molar-refractivity contribution is 0.103. The number of nitrogens with two attached hydrogens (primary N) is 1. The van der Waals surface area contributed by atoms with Crippen molar-refractivity contribution in [3.63, 3.8) is 0 Å². The molecule has 0 amide bonds. The quantitative estimate of drug-likeness (QED) is 0.413. The van der Waals surface area contributed by atoms with Crippen molar-refractivity contribution in [3.8, 4) is 23.7 Å². The number of carbonyl (C=O) groups excluding carboxylic acids is 1. The zero-order valence-electron chi connectivity index (χ0n) is 18.0. The van der Waals surface area contributed by atoms with Crippen LogP contribution in [0, 0.1) is 42.4 Å². The maximum absolute atomic E-state index is 13.5. The summed E-state index contributed by atoms with van der Waals surface area (Å²) in [5.74, 6) is 13.6. The molecule has 0 aromatic heterocycles. The minimum atomic E-state index is -0.0352. The highest BCUT2D eigenvalue weighted by atomic mass is 16.1. The molecule has 5 rings (SSSR count). The Balaban J connectivity index is 1.79. The van der Waals surface area contributed by atoms with Crippen molar-refractivity contribution in [1.82, 2.24) is 0 Å². The molecule has 0 radical (unpaired) electrons. The van der Waals surface area contributed by atoms with E-state index in [4.69, 9.17) is 5.73 Å². The van der Waals surface area contributed by atoms with E-state index >= 15 is 0 Å². The van der Waals surface area contributed by atoms with Gasteiger partial charge in [0, 0.05) is 39.9 Å². The molecule has 3 aliphatic rings. The van der Waals surface area contributed by atoms with Gasteiger partial charge >= 0.3 is 0 Å². The Morgan fingerprint density at radius 3 is 2.55 bits per heavy atom. The van der Waals surface area contributed by atoms with E-state index in [0.717, 1.165) is 28.0 Å². The van der Waals surface area contributed by atoms with Crippen LogP contribution in [0.2, 0.25) is 0 Å². The molecule has 0 spiro atoms. The first-order valence-corrected chi connectivity index (χ1v) is 10.6. The van der Waals surface area contributed by atoms with Gasteiger partial charge in [0.15, 0.2) is 5.78 Å². The van der Waals surface area contributed by atoms with Crippen molar-refractivity contribution in [1.29, 1.82) is 0 Å². The van der Waals surface area contributed by atoms with Crippen LogP contribution in [-0.2, 0) is 0 Å². The van der Waals surface area contributed by atoms with E-state index in [9.17, 15) is 4.79 Å². The summed E-state index contributed by atoms with van der Waals surface area (Å²) >= 11 is 0. The normalized spacial score (nSPS) is 26.0. The Labute approximate surface area is 183 Å². The van der Waals surface area contributed by atoms with Crippen LogP contribution in [0.15, 0.2) is 43.0 Å². The SMILES string of the molecule is C=C1c2ccc(N)cc2C(=O)c2c(C)cc3c(c21)NC1C#C/C=C\C#CC(C)C3C1C. The highest BCUT2D eigenvalue weighted by Gasteiger charge is 2.40. The number of ketones is 1. The van der Waals surface area contributed by atoms with Crippen LogP contribution in [0.4, 0.5) is 11.4 Å². The minimum absolute atomic E-state index is 0.00139.